The van der Waals surface area contributed by atoms with Crippen molar-refractivity contribution in [2.45, 2.75) is 6.54 Å². The van der Waals surface area contributed by atoms with Crippen molar-refractivity contribution in [2.24, 2.45) is 0 Å². The number of carbonyl (C=O) groups is 1. The van der Waals surface area contributed by atoms with Gasteiger partial charge in [-0.25, -0.2) is 4.68 Å². The molecule has 134 valence electrons. The molecule has 0 aliphatic rings. The van der Waals surface area contributed by atoms with Crippen LogP contribution in [0.2, 0.25) is 0 Å². The lowest BCUT2D eigenvalue weighted by molar-refractivity contribution is 0.0951. The standard InChI is InChI=1S/C22H19N3O2/c1-27-21-10-9-17-11-16(7-8-18(17)12-21)13-23-22(26)19-14-24-25(15-19)20-5-3-2-4-6-20/h2-12,14-15H,13H2,1H3,(H,23,26). The third-order valence-corrected chi connectivity index (χ3v) is 4.43. The van der Waals surface area contributed by atoms with Crippen LogP contribution in [0.5, 0.6) is 5.75 Å². The lowest BCUT2D eigenvalue weighted by Crippen LogP contribution is -2.22. The summed E-state index contributed by atoms with van der Waals surface area (Å²) in [6.07, 6.45) is 3.31. The van der Waals surface area contributed by atoms with Crippen molar-refractivity contribution in [3.05, 3.63) is 90.3 Å². The Labute approximate surface area is 157 Å². The summed E-state index contributed by atoms with van der Waals surface area (Å²) in [6.45, 7) is 0.456. The highest BCUT2D eigenvalue weighted by Gasteiger charge is 2.09. The maximum Gasteiger partial charge on any atom is 0.254 e. The van der Waals surface area contributed by atoms with Crippen LogP contribution in [0, 0.1) is 0 Å². The van der Waals surface area contributed by atoms with Gasteiger partial charge >= 0.3 is 0 Å². The zero-order valence-corrected chi connectivity index (χ0v) is 14.9. The van der Waals surface area contributed by atoms with E-state index in [1.807, 2.05) is 60.7 Å². The van der Waals surface area contributed by atoms with E-state index in [2.05, 4.69) is 16.5 Å². The molecule has 1 amide bonds. The van der Waals surface area contributed by atoms with Gasteiger partial charge < -0.3 is 10.1 Å². The topological polar surface area (TPSA) is 56.1 Å². The van der Waals surface area contributed by atoms with Crippen molar-refractivity contribution in [3.63, 3.8) is 0 Å². The van der Waals surface area contributed by atoms with E-state index < -0.39 is 0 Å². The summed E-state index contributed by atoms with van der Waals surface area (Å²) in [5, 5.41) is 9.43. The highest BCUT2D eigenvalue weighted by Crippen LogP contribution is 2.21. The number of benzene rings is 3. The zero-order valence-electron chi connectivity index (χ0n) is 14.9. The van der Waals surface area contributed by atoms with E-state index in [9.17, 15) is 4.79 Å². The molecule has 0 atom stereocenters. The molecule has 27 heavy (non-hydrogen) atoms. The summed E-state index contributed by atoms with van der Waals surface area (Å²) in [4.78, 5) is 12.4. The van der Waals surface area contributed by atoms with Crippen LogP contribution in [0.15, 0.2) is 79.1 Å². The molecular formula is C22H19N3O2. The lowest BCUT2D eigenvalue weighted by atomic mass is 10.1. The minimum atomic E-state index is -0.146. The Kier molecular flexibility index (Phi) is 4.58. The second-order valence-corrected chi connectivity index (χ2v) is 6.24. The second kappa shape index (κ2) is 7.33. The minimum Gasteiger partial charge on any atom is -0.497 e. The van der Waals surface area contributed by atoms with Crippen LogP contribution in [0.3, 0.4) is 0 Å². The van der Waals surface area contributed by atoms with Crippen molar-refractivity contribution in [2.75, 3.05) is 7.11 Å². The summed E-state index contributed by atoms with van der Waals surface area (Å²) >= 11 is 0. The van der Waals surface area contributed by atoms with Crippen LogP contribution in [-0.2, 0) is 6.54 Å². The Hall–Kier alpha value is -3.60. The van der Waals surface area contributed by atoms with E-state index in [-0.39, 0.29) is 5.91 Å². The minimum absolute atomic E-state index is 0.146. The number of para-hydroxylation sites is 1. The molecule has 4 aromatic rings. The van der Waals surface area contributed by atoms with Crippen molar-refractivity contribution in [3.8, 4) is 11.4 Å². The van der Waals surface area contributed by atoms with Crippen molar-refractivity contribution >= 4 is 16.7 Å². The van der Waals surface area contributed by atoms with Gasteiger partial charge in [0.05, 0.1) is 24.6 Å². The Balaban J connectivity index is 1.45. The van der Waals surface area contributed by atoms with Gasteiger partial charge in [0.2, 0.25) is 0 Å². The first-order valence-electron chi connectivity index (χ1n) is 8.68. The molecule has 1 N–H and O–H groups in total. The molecule has 0 aliphatic heterocycles. The lowest BCUT2D eigenvalue weighted by Gasteiger charge is -2.07. The highest BCUT2D eigenvalue weighted by atomic mass is 16.5. The number of aromatic nitrogens is 2. The van der Waals surface area contributed by atoms with Crippen LogP contribution < -0.4 is 10.1 Å². The van der Waals surface area contributed by atoms with Crippen LogP contribution in [-0.4, -0.2) is 22.8 Å². The number of amides is 1. The summed E-state index contributed by atoms with van der Waals surface area (Å²) in [5.74, 6) is 0.686. The first-order chi connectivity index (χ1) is 13.2. The number of nitrogens with zero attached hydrogens (tertiary/aromatic N) is 2. The Bertz CT molecular complexity index is 1090. The predicted octanol–water partition coefficient (Wildman–Crippen LogP) is 3.96. The number of carbonyl (C=O) groups excluding carboxylic acids is 1. The molecule has 1 aromatic heterocycles. The molecule has 0 unspecified atom stereocenters. The van der Waals surface area contributed by atoms with Gasteiger partial charge in [-0.1, -0.05) is 36.4 Å². The molecule has 0 bridgehead atoms. The maximum absolute atomic E-state index is 12.4. The van der Waals surface area contributed by atoms with Gasteiger partial charge in [0.25, 0.3) is 5.91 Å². The van der Waals surface area contributed by atoms with E-state index in [0.29, 0.717) is 12.1 Å². The molecule has 0 saturated carbocycles. The first-order valence-corrected chi connectivity index (χ1v) is 8.68. The average molecular weight is 357 g/mol. The highest BCUT2D eigenvalue weighted by molar-refractivity contribution is 5.93. The Morgan fingerprint density at radius 1 is 1.04 bits per heavy atom. The van der Waals surface area contributed by atoms with Gasteiger partial charge in [0, 0.05) is 12.7 Å². The number of hydrogen-bond donors (Lipinski definition) is 1. The Morgan fingerprint density at radius 3 is 2.63 bits per heavy atom. The molecule has 5 nitrogen and oxygen atoms in total. The van der Waals surface area contributed by atoms with Crippen molar-refractivity contribution < 1.29 is 9.53 Å². The van der Waals surface area contributed by atoms with Gasteiger partial charge in [-0.05, 0) is 46.7 Å². The van der Waals surface area contributed by atoms with E-state index >= 15 is 0 Å². The normalized spacial score (nSPS) is 10.7. The maximum atomic E-state index is 12.4. The van der Waals surface area contributed by atoms with E-state index in [1.54, 1.807) is 24.2 Å². The summed E-state index contributed by atoms with van der Waals surface area (Å²) < 4.78 is 6.94. The third-order valence-electron chi connectivity index (χ3n) is 4.43. The summed E-state index contributed by atoms with van der Waals surface area (Å²) in [6, 6.07) is 21.8. The van der Waals surface area contributed by atoms with Crippen molar-refractivity contribution in [1.29, 1.82) is 0 Å². The van der Waals surface area contributed by atoms with Crippen LogP contribution in [0.4, 0.5) is 0 Å². The average Bonchev–Trinajstić information content (AvgIpc) is 3.22. The fourth-order valence-electron chi connectivity index (χ4n) is 2.96. The monoisotopic (exact) mass is 357 g/mol. The van der Waals surface area contributed by atoms with Gasteiger partial charge in [-0.3, -0.25) is 4.79 Å². The molecule has 3 aromatic carbocycles. The van der Waals surface area contributed by atoms with Crippen LogP contribution >= 0.6 is 0 Å². The SMILES string of the molecule is COc1ccc2cc(CNC(=O)c3cnn(-c4ccccc4)c3)ccc2c1. The number of nitrogens with one attached hydrogen (secondary N) is 1. The number of rotatable bonds is 5. The first kappa shape index (κ1) is 16.8. The van der Waals surface area contributed by atoms with Gasteiger partial charge in [0.1, 0.15) is 5.75 Å². The number of ether oxygens (including phenoxy) is 1. The zero-order chi connectivity index (χ0) is 18.6. The molecular weight excluding hydrogens is 338 g/mol. The second-order valence-electron chi connectivity index (χ2n) is 6.24. The van der Waals surface area contributed by atoms with Gasteiger partial charge in [-0.15, -0.1) is 0 Å². The molecule has 0 fully saturated rings. The summed E-state index contributed by atoms with van der Waals surface area (Å²) in [7, 11) is 1.66. The molecule has 5 heteroatoms. The van der Waals surface area contributed by atoms with E-state index in [4.69, 9.17) is 4.74 Å². The predicted molar refractivity (Wildman–Crippen MR) is 105 cm³/mol. The van der Waals surface area contributed by atoms with Gasteiger partial charge in [-0.2, -0.15) is 5.10 Å². The molecule has 0 aliphatic carbocycles. The van der Waals surface area contributed by atoms with Crippen LogP contribution in [0.1, 0.15) is 15.9 Å². The molecule has 1 heterocycles. The number of fused-ring (bicyclic) bond motifs is 1. The largest absolute Gasteiger partial charge is 0.497 e. The fourth-order valence-corrected chi connectivity index (χ4v) is 2.96. The summed E-state index contributed by atoms with van der Waals surface area (Å²) in [5.41, 5.74) is 2.49. The fraction of sp³-hybridized carbons (Fsp3) is 0.0909. The van der Waals surface area contributed by atoms with Crippen LogP contribution in [0.25, 0.3) is 16.5 Å². The molecule has 0 spiro atoms. The van der Waals surface area contributed by atoms with E-state index in [1.165, 1.54) is 0 Å². The smallest absolute Gasteiger partial charge is 0.254 e. The number of hydrogen-bond acceptors (Lipinski definition) is 3. The van der Waals surface area contributed by atoms with E-state index in [0.717, 1.165) is 27.8 Å². The van der Waals surface area contributed by atoms with Gasteiger partial charge in [0.15, 0.2) is 0 Å². The third kappa shape index (κ3) is 3.67. The number of methoxy groups -OCH3 is 1. The molecule has 0 saturated heterocycles. The van der Waals surface area contributed by atoms with Crippen molar-refractivity contribution in [1.82, 2.24) is 15.1 Å². The molecule has 0 radical (unpaired) electrons. The molecule has 4 rings (SSSR count). The Morgan fingerprint density at radius 2 is 1.81 bits per heavy atom. The quantitative estimate of drug-likeness (QED) is 0.588.